The predicted octanol–water partition coefficient (Wildman–Crippen LogP) is 12.3. The molecule has 5 nitrogen and oxygen atoms in total. The van der Waals surface area contributed by atoms with Crippen LogP contribution in [-0.4, -0.2) is 15.9 Å². The van der Waals surface area contributed by atoms with Gasteiger partial charge in [0, 0.05) is 65.1 Å². The van der Waals surface area contributed by atoms with Crippen molar-refractivity contribution in [2.45, 2.75) is 93.4 Å². The molecular weight excluding hydrogens is 775 g/mol. The van der Waals surface area contributed by atoms with Crippen molar-refractivity contribution in [3.05, 3.63) is 90.5 Å². The Labute approximate surface area is 298 Å². The van der Waals surface area contributed by atoms with Gasteiger partial charge in [0.1, 0.15) is 11.3 Å². The molecule has 3 aromatic carbocycles. The predicted molar refractivity (Wildman–Crippen MR) is 195 cm³/mol. The van der Waals surface area contributed by atoms with Crippen molar-refractivity contribution in [3.63, 3.8) is 0 Å². The maximum Gasteiger partial charge on any atom is 0.177 e. The van der Waals surface area contributed by atoms with Crippen molar-refractivity contribution in [3.8, 4) is 11.3 Å². The molecule has 6 rings (SSSR count). The number of allylic oxidation sites excluding steroid dienone is 2. The van der Waals surface area contributed by atoms with Crippen molar-refractivity contribution in [1.29, 1.82) is 0 Å². The number of carbonyl (C=O) groups is 1. The van der Waals surface area contributed by atoms with Gasteiger partial charge < -0.3 is 13.9 Å². The maximum atomic E-state index is 12.2. The molecule has 1 radical (unpaired) electrons. The molecule has 0 saturated carbocycles. The summed E-state index contributed by atoms with van der Waals surface area (Å²) in [5.41, 5.74) is 4.71. The first-order valence-corrected chi connectivity index (χ1v) is 16.9. The number of nitrogens with zero attached hydrogens (tertiary/aromatic N) is 1. The minimum Gasteiger partial charge on any atom is -0.512 e. The third-order valence-electron chi connectivity index (χ3n) is 10.4. The summed E-state index contributed by atoms with van der Waals surface area (Å²) in [6.07, 6.45) is 8.30. The molecule has 0 atom stereocenters. The number of aromatic nitrogens is 1. The second kappa shape index (κ2) is 14.4. The van der Waals surface area contributed by atoms with Crippen molar-refractivity contribution >= 4 is 49.5 Å². The van der Waals surface area contributed by atoms with Crippen molar-refractivity contribution in [2.75, 3.05) is 0 Å². The van der Waals surface area contributed by atoms with Gasteiger partial charge in [-0.3, -0.25) is 9.78 Å². The second-order valence-corrected chi connectivity index (χ2v) is 14.2. The maximum absolute atomic E-state index is 12.2. The quantitative estimate of drug-likeness (QED) is 0.0940. The van der Waals surface area contributed by atoms with E-state index in [4.69, 9.17) is 13.8 Å². The molecule has 0 unspecified atom stereocenters. The van der Waals surface area contributed by atoms with Crippen LogP contribution >= 0.6 is 0 Å². The van der Waals surface area contributed by atoms with Gasteiger partial charge in [0.05, 0.1) is 6.26 Å². The topological polar surface area (TPSA) is 76.5 Å². The van der Waals surface area contributed by atoms with Crippen molar-refractivity contribution in [1.82, 2.24) is 4.98 Å². The number of benzene rings is 3. The van der Waals surface area contributed by atoms with Crippen LogP contribution in [0.15, 0.2) is 87.7 Å². The Morgan fingerprint density at radius 1 is 0.812 bits per heavy atom. The van der Waals surface area contributed by atoms with E-state index in [0.717, 1.165) is 75.2 Å². The van der Waals surface area contributed by atoms with Gasteiger partial charge in [0.2, 0.25) is 0 Å². The normalized spacial score (nSPS) is 12.7. The van der Waals surface area contributed by atoms with E-state index in [-0.39, 0.29) is 47.9 Å². The van der Waals surface area contributed by atoms with Crippen LogP contribution in [-0.2, 0) is 30.3 Å². The van der Waals surface area contributed by atoms with Crippen LogP contribution in [0.3, 0.4) is 0 Å². The number of rotatable bonds is 8. The fourth-order valence-electron chi connectivity index (χ4n) is 6.04. The second-order valence-electron chi connectivity index (χ2n) is 14.2. The number of aliphatic hydroxyl groups is 1. The number of ketones is 1. The Hall–Kier alpha value is -3.73. The third kappa shape index (κ3) is 6.88. The molecule has 1 N–H and O–H groups in total. The van der Waals surface area contributed by atoms with Crippen LogP contribution in [0, 0.1) is 16.9 Å². The minimum atomic E-state index is -0.337. The Balaban J connectivity index is 0.000000251. The number of hydrogen-bond acceptors (Lipinski definition) is 5. The molecule has 0 amide bonds. The first kappa shape index (κ1) is 37.1. The molecule has 6 heteroatoms. The van der Waals surface area contributed by atoms with Crippen LogP contribution < -0.4 is 0 Å². The Kier molecular flexibility index (Phi) is 11.1. The Bertz CT molecular complexity index is 2080. The number of aliphatic hydroxyl groups excluding tert-OH is 1. The Morgan fingerprint density at radius 2 is 1.46 bits per heavy atom. The summed E-state index contributed by atoms with van der Waals surface area (Å²) < 4.78 is 12.1. The van der Waals surface area contributed by atoms with Crippen LogP contribution in [0.2, 0.25) is 0 Å². The van der Waals surface area contributed by atoms with Gasteiger partial charge in [-0.05, 0) is 49.3 Å². The van der Waals surface area contributed by atoms with E-state index in [1.807, 2.05) is 59.9 Å². The molecule has 3 heterocycles. The van der Waals surface area contributed by atoms with Crippen LogP contribution in [0.4, 0.5) is 0 Å². The zero-order valence-electron chi connectivity index (χ0n) is 29.7. The van der Waals surface area contributed by atoms with Crippen LogP contribution in [0.1, 0.15) is 93.6 Å². The van der Waals surface area contributed by atoms with Gasteiger partial charge in [-0.2, -0.15) is 0 Å². The SMILES string of the molecule is CC(C)(C)c1cc(-c2nccc3c2oc2c3ccc3ccoc32)[c-]c2ccccc12.CCC(C)(CC)C(=O)/C=C(\O)C(C)(CC)CC.[Ir]. The zero-order valence-corrected chi connectivity index (χ0v) is 32.1. The summed E-state index contributed by atoms with van der Waals surface area (Å²) in [4.78, 5) is 16.9. The average Bonchev–Trinajstić information content (AvgIpc) is 3.71. The van der Waals surface area contributed by atoms with E-state index < -0.39 is 0 Å². The molecule has 0 aliphatic carbocycles. The molecule has 0 aliphatic rings. The number of hydrogen-bond donors (Lipinski definition) is 1. The first-order chi connectivity index (χ1) is 22.3. The first-order valence-electron chi connectivity index (χ1n) is 16.9. The van der Waals surface area contributed by atoms with Crippen LogP contribution in [0.25, 0.3) is 54.9 Å². The van der Waals surface area contributed by atoms with Gasteiger partial charge in [-0.25, -0.2) is 0 Å². The molecule has 0 saturated heterocycles. The number of carbonyl (C=O) groups excluding carboxylic acids is 1. The summed E-state index contributed by atoms with van der Waals surface area (Å²) in [5.74, 6) is 0.286. The Morgan fingerprint density at radius 3 is 2.10 bits per heavy atom. The molecule has 48 heavy (non-hydrogen) atoms. The molecular formula is C42H48IrNO4-. The number of furan rings is 2. The summed E-state index contributed by atoms with van der Waals surface area (Å²) >= 11 is 0. The van der Waals surface area contributed by atoms with E-state index in [1.54, 1.807) is 6.26 Å². The summed E-state index contributed by atoms with van der Waals surface area (Å²) in [5, 5.41) is 15.5. The van der Waals surface area contributed by atoms with Gasteiger partial charge in [-0.15, -0.1) is 29.1 Å². The fraction of sp³-hybridized carbons (Fsp3) is 0.381. The van der Waals surface area contributed by atoms with Crippen molar-refractivity contribution in [2.24, 2.45) is 10.8 Å². The standard InChI is InChI=1S/C27H20NO2.C15H28O2.Ir/c1-27(2,3)22-15-18(14-17-6-4-5-7-19(17)22)23-25-21(10-12-28-23)20-9-8-16-11-13-29-24(16)26(20)30-25;1-7-14(5,8-2)12(16)11-13(17)15(6,9-3)10-4;/h4-13,15H,1-3H3;11,16H,7-10H2,1-6H3;/q-1;;/b;12-11-;. The average molecular weight is 823 g/mol. The summed E-state index contributed by atoms with van der Waals surface area (Å²) in [6, 6.07) is 22.3. The van der Waals surface area contributed by atoms with E-state index >= 15 is 0 Å². The molecule has 6 aromatic rings. The molecule has 0 aliphatic heterocycles. The molecule has 0 fully saturated rings. The van der Waals surface area contributed by atoms with Gasteiger partial charge in [0.15, 0.2) is 16.9 Å². The van der Waals surface area contributed by atoms with Crippen LogP contribution in [0.5, 0.6) is 0 Å². The van der Waals surface area contributed by atoms with Crippen molar-refractivity contribution < 1.29 is 38.8 Å². The van der Waals surface area contributed by atoms with Gasteiger partial charge >= 0.3 is 0 Å². The summed E-state index contributed by atoms with van der Waals surface area (Å²) in [7, 11) is 0. The smallest absolute Gasteiger partial charge is 0.177 e. The molecule has 3 aromatic heterocycles. The molecule has 255 valence electrons. The fourth-order valence-corrected chi connectivity index (χ4v) is 6.04. The number of fused-ring (bicyclic) bond motifs is 6. The monoisotopic (exact) mass is 823 g/mol. The largest absolute Gasteiger partial charge is 0.512 e. The molecule has 0 spiro atoms. The molecule has 0 bridgehead atoms. The van der Waals surface area contributed by atoms with Gasteiger partial charge in [0.25, 0.3) is 0 Å². The van der Waals surface area contributed by atoms with E-state index in [1.165, 1.54) is 17.0 Å². The third-order valence-corrected chi connectivity index (χ3v) is 10.4. The summed E-state index contributed by atoms with van der Waals surface area (Å²) in [6.45, 7) is 18.8. The van der Waals surface area contributed by atoms with Gasteiger partial charge in [-0.1, -0.05) is 97.5 Å². The van der Waals surface area contributed by atoms with E-state index in [9.17, 15) is 9.90 Å². The van der Waals surface area contributed by atoms with E-state index in [2.05, 4.69) is 69.3 Å². The number of pyridine rings is 1. The minimum absolute atomic E-state index is 0. The zero-order chi connectivity index (χ0) is 34.1. The van der Waals surface area contributed by atoms with E-state index in [0.29, 0.717) is 0 Å².